The number of alkyl halides is 5. The molecule has 0 atom stereocenters. The molecule has 1 aromatic heterocycles. The van der Waals surface area contributed by atoms with Crippen molar-refractivity contribution in [1.82, 2.24) is 14.9 Å². The average Bonchev–Trinajstić information content (AvgIpc) is 3.26. The molecule has 2 aromatic carbocycles. The predicted octanol–water partition coefficient (Wildman–Crippen LogP) is 8.46. The molecule has 246 valence electrons. The number of halogens is 7. The van der Waals surface area contributed by atoms with E-state index in [4.69, 9.17) is 27.9 Å². The Morgan fingerprint density at radius 3 is 2.33 bits per heavy atom. The van der Waals surface area contributed by atoms with Crippen LogP contribution in [0.2, 0.25) is 10.0 Å². The highest BCUT2D eigenvalue weighted by Crippen LogP contribution is 2.47. The van der Waals surface area contributed by atoms with Crippen molar-refractivity contribution in [2.75, 3.05) is 11.9 Å². The van der Waals surface area contributed by atoms with Crippen LogP contribution in [0, 0.1) is 11.3 Å². The first-order valence-electron chi connectivity index (χ1n) is 14.2. The third kappa shape index (κ3) is 7.57. The molecule has 0 bridgehead atoms. The highest BCUT2D eigenvalue weighted by atomic mass is 35.5. The first kappa shape index (κ1) is 34.6. The van der Waals surface area contributed by atoms with Gasteiger partial charge in [0.25, 0.3) is 6.43 Å². The second-order valence-corrected chi connectivity index (χ2v) is 12.9. The van der Waals surface area contributed by atoms with Crippen LogP contribution in [0.5, 0.6) is 5.75 Å². The molecule has 0 spiro atoms. The number of carboxylic acid groups (broad SMARTS) is 1. The molecule has 1 heterocycles. The highest BCUT2D eigenvalue weighted by molar-refractivity contribution is 6.39. The van der Waals surface area contributed by atoms with Gasteiger partial charge in [-0.15, -0.1) is 0 Å². The van der Waals surface area contributed by atoms with Crippen molar-refractivity contribution in [3.8, 4) is 5.75 Å². The Hall–Kier alpha value is -3.32. The molecule has 1 aliphatic carbocycles. The molecular weight excluding hydrogens is 646 g/mol. The van der Waals surface area contributed by atoms with Gasteiger partial charge in [-0.2, -0.15) is 13.2 Å². The van der Waals surface area contributed by atoms with E-state index in [1.165, 1.54) is 10.6 Å². The van der Waals surface area contributed by atoms with Gasteiger partial charge < -0.3 is 25.0 Å². The molecule has 15 heteroatoms. The number of benzene rings is 2. The van der Waals surface area contributed by atoms with Gasteiger partial charge in [0.05, 0.1) is 32.7 Å². The molecule has 1 amide bonds. The zero-order valence-corrected chi connectivity index (χ0v) is 26.4. The van der Waals surface area contributed by atoms with Crippen molar-refractivity contribution in [1.29, 1.82) is 0 Å². The van der Waals surface area contributed by atoms with Gasteiger partial charge in [0.1, 0.15) is 17.9 Å². The number of aromatic nitrogens is 2. The maximum atomic E-state index is 13.4. The van der Waals surface area contributed by atoms with E-state index in [0.717, 1.165) is 0 Å². The molecular formula is C30H33Cl2F5N4O4. The summed E-state index contributed by atoms with van der Waals surface area (Å²) >= 11 is 13.2. The Balaban J connectivity index is 1.80. The monoisotopic (exact) mass is 678 g/mol. The van der Waals surface area contributed by atoms with Gasteiger partial charge in [0.15, 0.2) is 0 Å². The Labute approximate surface area is 266 Å². The average molecular weight is 680 g/mol. The van der Waals surface area contributed by atoms with Crippen LogP contribution in [0.15, 0.2) is 18.2 Å². The van der Waals surface area contributed by atoms with Crippen LogP contribution in [-0.2, 0) is 18.4 Å². The maximum absolute atomic E-state index is 13.4. The summed E-state index contributed by atoms with van der Waals surface area (Å²) in [5, 5.41) is 16.4. The van der Waals surface area contributed by atoms with Crippen LogP contribution in [0.25, 0.3) is 11.0 Å². The van der Waals surface area contributed by atoms with Crippen molar-refractivity contribution in [2.24, 2.45) is 18.4 Å². The quantitative estimate of drug-likeness (QED) is 0.196. The zero-order chi connectivity index (χ0) is 33.4. The second kappa shape index (κ2) is 13.2. The lowest BCUT2D eigenvalue weighted by Gasteiger charge is -2.31. The van der Waals surface area contributed by atoms with Crippen molar-refractivity contribution < 1.29 is 41.4 Å². The van der Waals surface area contributed by atoms with Gasteiger partial charge in [0.2, 0.25) is 11.9 Å². The summed E-state index contributed by atoms with van der Waals surface area (Å²) in [4.78, 5) is 29.5. The van der Waals surface area contributed by atoms with Gasteiger partial charge in [-0.25, -0.2) is 18.6 Å². The summed E-state index contributed by atoms with van der Waals surface area (Å²) in [7, 11) is 1.58. The van der Waals surface area contributed by atoms with Crippen LogP contribution in [0.1, 0.15) is 73.9 Å². The number of carbonyl (C=O) groups is 2. The van der Waals surface area contributed by atoms with Gasteiger partial charge in [-0.05, 0) is 43.2 Å². The van der Waals surface area contributed by atoms with Crippen LogP contribution in [-0.4, -0.2) is 45.7 Å². The smallest absolute Gasteiger partial charge is 0.391 e. The highest BCUT2D eigenvalue weighted by Gasteiger charge is 2.43. The lowest BCUT2D eigenvalue weighted by atomic mass is 9.76. The summed E-state index contributed by atoms with van der Waals surface area (Å²) in [5.74, 6) is -4.07. The van der Waals surface area contributed by atoms with E-state index < -0.39 is 48.0 Å². The number of nitrogens with zero attached hydrogens (tertiary/aromatic N) is 2. The van der Waals surface area contributed by atoms with Crippen molar-refractivity contribution >= 4 is 57.7 Å². The number of nitrogens with one attached hydrogen (secondary N) is 2. The number of anilines is 2. The fourth-order valence-corrected chi connectivity index (χ4v) is 5.96. The standard InChI is InChI=1S/C30H33Cl2F5N4O4/c1-29(2,3)27(44)38-12-15-7-10-17(31)24(23(15)32)39-28-40-25-18(41(28)4)11-19(45-13-20(33)34)22(26(42)43)21(25)14-5-8-16(9-6-14)30(35,36)37/h7,10-11,14,16,20H,5-6,8-9,12-13H2,1-4H3,(H,38,44)(H,39,40)(H,42,43). The van der Waals surface area contributed by atoms with Crippen LogP contribution < -0.4 is 15.4 Å². The molecule has 1 saturated carbocycles. The summed E-state index contributed by atoms with van der Waals surface area (Å²) in [6.07, 6.45) is -7.71. The third-order valence-electron chi connectivity index (χ3n) is 7.88. The molecule has 3 N–H and O–H groups in total. The summed E-state index contributed by atoms with van der Waals surface area (Å²) < 4.78 is 73.2. The number of ether oxygens (including phenoxy) is 1. The van der Waals surface area contributed by atoms with Crippen LogP contribution in [0.4, 0.5) is 33.6 Å². The van der Waals surface area contributed by atoms with E-state index in [1.54, 1.807) is 40.0 Å². The number of fused-ring (bicyclic) bond motifs is 1. The van der Waals surface area contributed by atoms with Crippen molar-refractivity contribution in [3.05, 3.63) is 44.9 Å². The molecule has 4 rings (SSSR count). The number of hydrogen-bond donors (Lipinski definition) is 3. The van der Waals surface area contributed by atoms with E-state index in [-0.39, 0.29) is 76.6 Å². The van der Waals surface area contributed by atoms with Crippen LogP contribution in [0.3, 0.4) is 0 Å². The lowest BCUT2D eigenvalue weighted by molar-refractivity contribution is -0.182. The molecule has 1 aliphatic rings. The Kier molecular flexibility index (Phi) is 10.1. The van der Waals surface area contributed by atoms with E-state index in [1.807, 2.05) is 0 Å². The SMILES string of the molecule is Cn1c(Nc2c(Cl)ccc(CNC(=O)C(C)(C)C)c2Cl)nc2c(C3CCC(C(F)(F)F)CC3)c(C(=O)O)c(OCC(F)F)cc21. The normalized spacial score (nSPS) is 17.5. The largest absolute Gasteiger partial charge is 0.487 e. The summed E-state index contributed by atoms with van der Waals surface area (Å²) in [5.41, 5.74) is 0.291. The van der Waals surface area contributed by atoms with Gasteiger partial charge in [-0.3, -0.25) is 4.79 Å². The number of aryl methyl sites for hydroxylation is 1. The molecule has 0 aliphatic heterocycles. The minimum atomic E-state index is -4.39. The topological polar surface area (TPSA) is 105 Å². The molecule has 45 heavy (non-hydrogen) atoms. The van der Waals surface area contributed by atoms with Gasteiger partial charge >= 0.3 is 12.1 Å². The third-order valence-corrected chi connectivity index (χ3v) is 8.63. The molecule has 0 saturated heterocycles. The van der Waals surface area contributed by atoms with E-state index in [9.17, 15) is 36.6 Å². The van der Waals surface area contributed by atoms with Crippen molar-refractivity contribution in [3.63, 3.8) is 0 Å². The number of hydrogen-bond acceptors (Lipinski definition) is 5. The fraction of sp³-hybridized carbons (Fsp3) is 0.500. The minimum absolute atomic E-state index is 0.0111. The summed E-state index contributed by atoms with van der Waals surface area (Å²) in [6, 6.07) is 4.49. The molecule has 0 unspecified atom stereocenters. The Morgan fingerprint density at radius 1 is 1.13 bits per heavy atom. The van der Waals surface area contributed by atoms with E-state index in [0.29, 0.717) is 11.1 Å². The number of amides is 1. The number of imidazole rings is 1. The molecule has 0 radical (unpaired) electrons. The number of rotatable bonds is 9. The maximum Gasteiger partial charge on any atom is 0.391 e. The van der Waals surface area contributed by atoms with Gasteiger partial charge in [-0.1, -0.05) is 50.0 Å². The lowest BCUT2D eigenvalue weighted by Crippen LogP contribution is -2.34. The number of aromatic carboxylic acids is 1. The number of carbonyl (C=O) groups excluding carboxylic acids is 1. The minimum Gasteiger partial charge on any atom is -0.487 e. The number of carboxylic acids is 1. The van der Waals surface area contributed by atoms with Crippen molar-refractivity contribution in [2.45, 2.75) is 71.5 Å². The first-order valence-corrected chi connectivity index (χ1v) is 14.9. The van der Waals surface area contributed by atoms with Crippen LogP contribution >= 0.6 is 23.2 Å². The zero-order valence-electron chi connectivity index (χ0n) is 24.9. The fourth-order valence-electron chi connectivity index (χ4n) is 5.43. The van der Waals surface area contributed by atoms with E-state index >= 15 is 0 Å². The second-order valence-electron chi connectivity index (χ2n) is 12.1. The molecule has 8 nitrogen and oxygen atoms in total. The first-order chi connectivity index (χ1) is 20.9. The Bertz CT molecular complexity index is 1600. The van der Waals surface area contributed by atoms with Gasteiger partial charge in [0, 0.05) is 30.6 Å². The molecule has 1 fully saturated rings. The molecule has 3 aromatic rings. The Morgan fingerprint density at radius 2 is 1.78 bits per heavy atom. The van der Waals surface area contributed by atoms with E-state index in [2.05, 4.69) is 15.6 Å². The summed E-state index contributed by atoms with van der Waals surface area (Å²) in [6.45, 7) is 4.31. The predicted molar refractivity (Wildman–Crippen MR) is 161 cm³/mol.